The lowest BCUT2D eigenvalue weighted by Crippen LogP contribution is -2.49. The van der Waals surface area contributed by atoms with Crippen LogP contribution in [0, 0.1) is 5.92 Å². The van der Waals surface area contributed by atoms with Crippen LogP contribution in [0.15, 0.2) is 24.3 Å². The molecule has 1 saturated carbocycles. The zero-order chi connectivity index (χ0) is 15.0. The van der Waals surface area contributed by atoms with Gasteiger partial charge >= 0.3 is 5.97 Å². The summed E-state index contributed by atoms with van der Waals surface area (Å²) in [4.78, 5) is 10.6. The summed E-state index contributed by atoms with van der Waals surface area (Å²) < 4.78 is 28.8. The molecular weight excluding hydrogens is 292 g/mol. The zero-order valence-corrected chi connectivity index (χ0v) is 12.3. The Labute approximate surface area is 124 Å². The van der Waals surface area contributed by atoms with Crippen molar-refractivity contribution in [2.24, 2.45) is 5.92 Å². The molecule has 0 atom stereocenters. The van der Waals surface area contributed by atoms with Crippen LogP contribution < -0.4 is 4.72 Å². The van der Waals surface area contributed by atoms with Crippen LogP contribution in [0.25, 0.3) is 0 Å². The third-order valence-corrected chi connectivity index (χ3v) is 5.74. The summed E-state index contributed by atoms with van der Waals surface area (Å²) in [6.45, 7) is 0.799. The molecule has 3 rings (SSSR count). The van der Waals surface area contributed by atoms with Crippen LogP contribution >= 0.6 is 0 Å². The predicted octanol–water partition coefficient (Wildman–Crippen LogP) is 1.09. The highest BCUT2D eigenvalue weighted by molar-refractivity contribution is 7.87. The van der Waals surface area contributed by atoms with Gasteiger partial charge in [0.2, 0.25) is 0 Å². The van der Waals surface area contributed by atoms with E-state index in [0.717, 1.165) is 11.1 Å². The largest absolute Gasteiger partial charge is 0.481 e. The normalized spacial score (nSPS) is 25.3. The van der Waals surface area contributed by atoms with E-state index in [4.69, 9.17) is 5.11 Å². The molecule has 0 radical (unpaired) electrons. The highest BCUT2D eigenvalue weighted by Crippen LogP contribution is 2.32. The molecule has 0 bridgehead atoms. The highest BCUT2D eigenvalue weighted by Gasteiger charge is 2.36. The number of benzene rings is 1. The van der Waals surface area contributed by atoms with Crippen molar-refractivity contribution in [2.75, 3.05) is 0 Å². The van der Waals surface area contributed by atoms with Gasteiger partial charge in [0.1, 0.15) is 0 Å². The first-order chi connectivity index (χ1) is 9.94. The van der Waals surface area contributed by atoms with Crippen molar-refractivity contribution >= 4 is 16.2 Å². The van der Waals surface area contributed by atoms with Gasteiger partial charge < -0.3 is 5.11 Å². The molecule has 1 aromatic rings. The van der Waals surface area contributed by atoms with Gasteiger partial charge in [-0.25, -0.2) is 0 Å². The molecule has 0 aromatic heterocycles. The average Bonchev–Trinajstić information content (AvgIpc) is 2.80. The molecule has 1 fully saturated rings. The van der Waals surface area contributed by atoms with Crippen molar-refractivity contribution in [2.45, 2.75) is 38.4 Å². The molecular formula is C14H18N2O4S. The fourth-order valence-electron chi connectivity index (χ4n) is 3.00. The van der Waals surface area contributed by atoms with Gasteiger partial charge in [-0.1, -0.05) is 24.3 Å². The Morgan fingerprint density at radius 3 is 2.33 bits per heavy atom. The van der Waals surface area contributed by atoms with Gasteiger partial charge in [0.25, 0.3) is 10.2 Å². The average molecular weight is 310 g/mol. The van der Waals surface area contributed by atoms with Gasteiger partial charge in [-0.05, 0) is 29.9 Å². The molecule has 1 aromatic carbocycles. The second-order valence-electron chi connectivity index (χ2n) is 5.79. The molecule has 114 valence electrons. The Bertz CT molecular complexity index is 628. The molecule has 1 heterocycles. The number of rotatable bonds is 5. The number of hydrogen-bond acceptors (Lipinski definition) is 3. The van der Waals surface area contributed by atoms with Gasteiger partial charge in [-0.2, -0.15) is 17.4 Å². The van der Waals surface area contributed by atoms with Crippen LogP contribution in [0.3, 0.4) is 0 Å². The number of aliphatic carboxylic acids is 1. The van der Waals surface area contributed by atoms with Crippen molar-refractivity contribution in [1.29, 1.82) is 0 Å². The van der Waals surface area contributed by atoms with Gasteiger partial charge in [0.15, 0.2) is 0 Å². The van der Waals surface area contributed by atoms with Gasteiger partial charge in [-0.15, -0.1) is 0 Å². The number of fused-ring (bicyclic) bond motifs is 1. The van der Waals surface area contributed by atoms with Crippen molar-refractivity contribution in [3.8, 4) is 0 Å². The van der Waals surface area contributed by atoms with E-state index in [2.05, 4.69) is 4.72 Å². The molecule has 21 heavy (non-hydrogen) atoms. The predicted molar refractivity (Wildman–Crippen MR) is 76.5 cm³/mol. The third kappa shape index (κ3) is 3.09. The summed E-state index contributed by atoms with van der Waals surface area (Å²) in [5.74, 6) is -0.734. The first-order valence-corrected chi connectivity index (χ1v) is 8.44. The van der Waals surface area contributed by atoms with Gasteiger partial charge in [0, 0.05) is 25.6 Å². The minimum absolute atomic E-state index is 0.0889. The van der Waals surface area contributed by atoms with E-state index >= 15 is 0 Å². The maximum Gasteiger partial charge on any atom is 0.303 e. The Kier molecular flexibility index (Phi) is 3.73. The minimum Gasteiger partial charge on any atom is -0.481 e. The standard InChI is InChI=1S/C14H18N2O4S/c17-14(18)7-10-5-13(6-10)15-21(19,20)16-8-11-3-1-2-4-12(11)9-16/h1-4,10,13,15H,5-9H2,(H,17,18). The van der Waals surface area contributed by atoms with E-state index in [9.17, 15) is 13.2 Å². The summed E-state index contributed by atoms with van der Waals surface area (Å²) in [6.07, 6.45) is 1.33. The summed E-state index contributed by atoms with van der Waals surface area (Å²) in [6, 6.07) is 7.56. The smallest absolute Gasteiger partial charge is 0.303 e. The van der Waals surface area contributed by atoms with E-state index in [1.165, 1.54) is 4.31 Å². The maximum absolute atomic E-state index is 12.3. The fourth-order valence-corrected chi connectivity index (χ4v) is 4.38. The van der Waals surface area contributed by atoms with E-state index in [1.807, 2.05) is 24.3 Å². The van der Waals surface area contributed by atoms with Crippen LogP contribution in [0.5, 0.6) is 0 Å². The number of nitrogens with zero attached hydrogens (tertiary/aromatic N) is 1. The van der Waals surface area contributed by atoms with E-state index < -0.39 is 16.2 Å². The minimum atomic E-state index is -3.50. The van der Waals surface area contributed by atoms with Crippen molar-refractivity contribution < 1.29 is 18.3 Å². The number of nitrogens with one attached hydrogen (secondary N) is 1. The van der Waals surface area contributed by atoms with Crippen molar-refractivity contribution in [1.82, 2.24) is 9.03 Å². The SMILES string of the molecule is O=C(O)CC1CC(NS(=O)(=O)N2Cc3ccccc3C2)C1. The van der Waals surface area contributed by atoms with E-state index in [0.29, 0.717) is 25.9 Å². The quantitative estimate of drug-likeness (QED) is 0.852. The summed E-state index contributed by atoms with van der Waals surface area (Å²) >= 11 is 0. The van der Waals surface area contributed by atoms with Crippen LogP contribution in [0.4, 0.5) is 0 Å². The molecule has 1 aliphatic carbocycles. The second-order valence-corrected chi connectivity index (χ2v) is 7.49. The lowest BCUT2D eigenvalue weighted by Gasteiger charge is -2.35. The van der Waals surface area contributed by atoms with Crippen LogP contribution in [-0.2, 0) is 28.1 Å². The lowest BCUT2D eigenvalue weighted by molar-refractivity contribution is -0.138. The molecule has 2 aliphatic rings. The monoisotopic (exact) mass is 310 g/mol. The Morgan fingerprint density at radius 2 is 1.81 bits per heavy atom. The number of carbonyl (C=O) groups is 1. The first kappa shape index (κ1) is 14.5. The molecule has 6 nitrogen and oxygen atoms in total. The molecule has 0 unspecified atom stereocenters. The summed E-state index contributed by atoms with van der Waals surface area (Å²) in [5.41, 5.74) is 2.08. The topological polar surface area (TPSA) is 86.7 Å². The van der Waals surface area contributed by atoms with E-state index in [-0.39, 0.29) is 18.4 Å². The first-order valence-electron chi connectivity index (χ1n) is 7.00. The van der Waals surface area contributed by atoms with E-state index in [1.54, 1.807) is 0 Å². The number of hydrogen-bond donors (Lipinski definition) is 2. The Hall–Kier alpha value is -1.44. The maximum atomic E-state index is 12.3. The van der Waals surface area contributed by atoms with Crippen LogP contribution in [0.1, 0.15) is 30.4 Å². The lowest BCUT2D eigenvalue weighted by atomic mass is 9.79. The van der Waals surface area contributed by atoms with Crippen LogP contribution in [0.2, 0.25) is 0 Å². The number of carboxylic acid groups (broad SMARTS) is 1. The second kappa shape index (κ2) is 5.40. The molecule has 0 spiro atoms. The Balaban J connectivity index is 1.56. The van der Waals surface area contributed by atoms with Gasteiger partial charge in [0.05, 0.1) is 0 Å². The summed E-state index contributed by atoms with van der Waals surface area (Å²) in [5, 5.41) is 8.69. The summed E-state index contributed by atoms with van der Waals surface area (Å²) in [7, 11) is -3.50. The molecule has 0 saturated heterocycles. The third-order valence-electron chi connectivity index (χ3n) is 4.17. The molecule has 2 N–H and O–H groups in total. The van der Waals surface area contributed by atoms with Crippen LogP contribution in [-0.4, -0.2) is 29.8 Å². The molecule has 7 heteroatoms. The van der Waals surface area contributed by atoms with Crippen molar-refractivity contribution in [3.05, 3.63) is 35.4 Å². The molecule has 1 aliphatic heterocycles. The fraction of sp³-hybridized carbons (Fsp3) is 0.500. The highest BCUT2D eigenvalue weighted by atomic mass is 32.2. The number of carboxylic acids is 1. The molecule has 0 amide bonds. The Morgan fingerprint density at radius 1 is 1.24 bits per heavy atom. The zero-order valence-electron chi connectivity index (χ0n) is 11.5. The van der Waals surface area contributed by atoms with Crippen molar-refractivity contribution in [3.63, 3.8) is 0 Å². The van der Waals surface area contributed by atoms with Gasteiger partial charge in [-0.3, -0.25) is 4.79 Å².